The lowest BCUT2D eigenvalue weighted by molar-refractivity contribution is -2.00. The highest BCUT2D eigenvalue weighted by molar-refractivity contribution is 7.98. The third kappa shape index (κ3) is 5.84. The average molecular weight is 396 g/mol. The summed E-state index contributed by atoms with van der Waals surface area (Å²) in [5.41, 5.74) is 3.40. The van der Waals surface area contributed by atoms with Gasteiger partial charge in [-0.3, -0.25) is 0 Å². The summed E-state index contributed by atoms with van der Waals surface area (Å²) < 4.78 is 42.3. The van der Waals surface area contributed by atoms with Gasteiger partial charge in [0.25, 0.3) is 5.69 Å². The van der Waals surface area contributed by atoms with Gasteiger partial charge >= 0.3 is 5.22 Å². The van der Waals surface area contributed by atoms with Gasteiger partial charge in [-0.1, -0.05) is 55.5 Å². The Balaban J connectivity index is 0.000000431. The van der Waals surface area contributed by atoms with Crippen molar-refractivity contribution in [2.24, 2.45) is 7.05 Å². The zero-order valence-corrected chi connectivity index (χ0v) is 15.8. The molecule has 0 aliphatic heterocycles. The van der Waals surface area contributed by atoms with Gasteiger partial charge in [-0.05, 0) is 23.9 Å². The molecule has 26 heavy (non-hydrogen) atoms. The van der Waals surface area contributed by atoms with Gasteiger partial charge in [-0.25, -0.2) is 18.6 Å². The Morgan fingerprint density at radius 1 is 0.885 bits per heavy atom. The predicted octanol–water partition coefficient (Wildman–Crippen LogP) is -0.206. The first-order valence-electron chi connectivity index (χ1n) is 7.69. The van der Waals surface area contributed by atoms with Crippen LogP contribution in [0.5, 0.6) is 0 Å². The summed E-state index contributed by atoms with van der Waals surface area (Å²) in [7, 11) is -2.88. The number of nitrogens with zero attached hydrogens (tertiary/aromatic N) is 1. The largest absolute Gasteiger partial charge is 0.412 e. The Morgan fingerprint density at radius 3 is 1.81 bits per heavy atom. The quantitative estimate of drug-likeness (QED) is 0.446. The standard InChI is InChI=1S/C18H18NOS.ClHO4/c1-3-21-18-19(2)16(14-10-6-4-7-11-14)17(20-18)15-12-8-5-9-13-15;2-1(3,4)5/h4-13H,3H2,1-2H3;(H,2,3,4,5)/q+1;/p-1. The number of benzene rings is 2. The molecular weight excluding hydrogens is 378 g/mol. The first-order chi connectivity index (χ1) is 12.3. The fraction of sp³-hybridized carbons (Fsp3) is 0.167. The van der Waals surface area contributed by atoms with Gasteiger partial charge in [0, 0.05) is 11.3 Å². The smallest absolute Gasteiger partial charge is 0.392 e. The van der Waals surface area contributed by atoms with Crippen molar-refractivity contribution in [2.75, 3.05) is 5.75 Å². The van der Waals surface area contributed by atoms with Crippen molar-refractivity contribution in [1.29, 1.82) is 0 Å². The minimum absolute atomic E-state index is 0.931. The summed E-state index contributed by atoms with van der Waals surface area (Å²) >= 11 is 1.72. The fourth-order valence-electron chi connectivity index (χ4n) is 2.40. The summed E-state index contributed by atoms with van der Waals surface area (Å²) in [5.74, 6) is 1.92. The molecule has 138 valence electrons. The Kier molecular flexibility index (Phi) is 7.22. The minimum atomic E-state index is -4.94. The zero-order valence-electron chi connectivity index (χ0n) is 14.3. The van der Waals surface area contributed by atoms with E-state index in [1.165, 1.54) is 5.56 Å². The molecule has 0 amide bonds. The van der Waals surface area contributed by atoms with Crippen LogP contribution in [0.3, 0.4) is 0 Å². The van der Waals surface area contributed by atoms with Gasteiger partial charge in [-0.2, -0.15) is 4.57 Å². The molecule has 0 aliphatic carbocycles. The molecule has 0 saturated carbocycles. The second-order valence-corrected chi connectivity index (χ2v) is 7.12. The van der Waals surface area contributed by atoms with E-state index in [1.807, 2.05) is 24.3 Å². The van der Waals surface area contributed by atoms with Crippen molar-refractivity contribution in [1.82, 2.24) is 0 Å². The number of hydrogen-bond acceptors (Lipinski definition) is 6. The lowest BCUT2D eigenvalue weighted by Gasteiger charge is -2.17. The molecule has 1 heterocycles. The number of hydrogen-bond donors (Lipinski definition) is 0. The number of thioether (sulfide) groups is 1. The van der Waals surface area contributed by atoms with Crippen molar-refractivity contribution < 1.29 is 37.9 Å². The molecule has 2 aromatic carbocycles. The Bertz CT molecular complexity index is 813. The molecule has 0 N–H and O–H groups in total. The second-order valence-electron chi connectivity index (χ2n) is 5.15. The summed E-state index contributed by atoms with van der Waals surface area (Å²) in [6.07, 6.45) is 0. The first kappa shape index (κ1) is 20.4. The summed E-state index contributed by atoms with van der Waals surface area (Å²) in [6.45, 7) is 2.14. The number of rotatable bonds is 4. The number of halogens is 1. The van der Waals surface area contributed by atoms with E-state index in [-0.39, 0.29) is 0 Å². The van der Waals surface area contributed by atoms with Gasteiger partial charge < -0.3 is 4.42 Å². The molecule has 0 radical (unpaired) electrons. The van der Waals surface area contributed by atoms with Gasteiger partial charge in [0.05, 0.1) is 5.56 Å². The topological polar surface area (TPSA) is 109 Å². The van der Waals surface area contributed by atoms with Crippen molar-refractivity contribution >= 4 is 11.8 Å². The SMILES string of the molecule is CCSc1oc(-c2ccccc2)c(-c2ccccc2)[n+]1C.[O-][Cl+3]([O-])([O-])[O-]. The predicted molar refractivity (Wildman–Crippen MR) is 87.2 cm³/mol. The van der Waals surface area contributed by atoms with Gasteiger partial charge in [0.2, 0.25) is 5.76 Å². The monoisotopic (exact) mass is 395 g/mol. The van der Waals surface area contributed by atoms with E-state index in [0.29, 0.717) is 0 Å². The normalized spacial score (nSPS) is 11.0. The second kappa shape index (κ2) is 9.18. The minimum Gasteiger partial charge on any atom is -0.392 e. The van der Waals surface area contributed by atoms with Gasteiger partial charge in [0.15, 0.2) is 0 Å². The molecule has 0 saturated heterocycles. The lowest BCUT2D eigenvalue weighted by Crippen LogP contribution is -2.68. The highest BCUT2D eigenvalue weighted by atomic mass is 35.7. The molecule has 0 fully saturated rings. The van der Waals surface area contributed by atoms with E-state index in [0.717, 1.165) is 28.0 Å². The van der Waals surface area contributed by atoms with Crippen molar-refractivity contribution in [3.05, 3.63) is 60.7 Å². The number of oxazole rings is 1. The maximum Gasteiger partial charge on any atom is 0.412 e. The Morgan fingerprint density at radius 2 is 1.35 bits per heavy atom. The number of aromatic nitrogens is 1. The van der Waals surface area contributed by atoms with Crippen LogP contribution >= 0.6 is 11.8 Å². The first-order valence-corrected chi connectivity index (χ1v) is 9.91. The van der Waals surface area contributed by atoms with Crippen LogP contribution in [0.4, 0.5) is 0 Å². The molecule has 3 rings (SSSR count). The Hall–Kier alpha value is -1.87. The molecule has 8 heteroatoms. The van der Waals surface area contributed by atoms with Crippen molar-refractivity contribution in [2.45, 2.75) is 12.1 Å². The molecule has 3 aromatic rings. The van der Waals surface area contributed by atoms with E-state index in [2.05, 4.69) is 54.9 Å². The van der Waals surface area contributed by atoms with Crippen LogP contribution in [0.15, 0.2) is 70.3 Å². The molecule has 0 bridgehead atoms. The van der Waals surface area contributed by atoms with Crippen LogP contribution in [0, 0.1) is 10.2 Å². The molecule has 0 atom stereocenters. The molecular formula is C18H18ClNO5S. The van der Waals surface area contributed by atoms with E-state index in [4.69, 9.17) is 23.1 Å². The highest BCUT2D eigenvalue weighted by Gasteiger charge is 2.28. The summed E-state index contributed by atoms with van der Waals surface area (Å²) in [5, 5.41) is 0.940. The molecule has 1 aromatic heterocycles. The van der Waals surface area contributed by atoms with Gasteiger partial charge in [-0.15, -0.1) is 10.2 Å². The third-order valence-electron chi connectivity index (χ3n) is 3.36. The van der Waals surface area contributed by atoms with Crippen LogP contribution in [0.2, 0.25) is 0 Å². The molecule has 0 spiro atoms. The van der Waals surface area contributed by atoms with Crippen LogP contribution < -0.4 is 23.2 Å². The van der Waals surface area contributed by atoms with Gasteiger partial charge in [0.1, 0.15) is 7.05 Å². The molecule has 0 aliphatic rings. The third-order valence-corrected chi connectivity index (χ3v) is 4.26. The van der Waals surface area contributed by atoms with Crippen molar-refractivity contribution in [3.63, 3.8) is 0 Å². The lowest BCUT2D eigenvalue weighted by atomic mass is 10.1. The summed E-state index contributed by atoms with van der Waals surface area (Å²) in [6, 6.07) is 20.7. The molecule has 0 unspecified atom stereocenters. The zero-order chi connectivity index (χ0) is 19.2. The van der Waals surface area contributed by atoms with Crippen LogP contribution in [-0.2, 0) is 7.05 Å². The average Bonchev–Trinajstić information content (AvgIpc) is 2.92. The maximum absolute atomic E-state index is 8.49. The van der Waals surface area contributed by atoms with Crippen LogP contribution in [0.25, 0.3) is 22.6 Å². The van der Waals surface area contributed by atoms with E-state index >= 15 is 0 Å². The van der Waals surface area contributed by atoms with Crippen LogP contribution in [-0.4, -0.2) is 5.75 Å². The van der Waals surface area contributed by atoms with E-state index < -0.39 is 10.2 Å². The summed E-state index contributed by atoms with van der Waals surface area (Å²) in [4.78, 5) is 0. The van der Waals surface area contributed by atoms with Crippen LogP contribution in [0.1, 0.15) is 6.92 Å². The van der Waals surface area contributed by atoms with E-state index in [1.54, 1.807) is 11.8 Å². The maximum atomic E-state index is 8.49. The van der Waals surface area contributed by atoms with E-state index in [9.17, 15) is 0 Å². The highest BCUT2D eigenvalue weighted by Crippen LogP contribution is 2.33. The van der Waals surface area contributed by atoms with Crippen molar-refractivity contribution in [3.8, 4) is 22.6 Å². The fourth-order valence-corrected chi connectivity index (χ4v) is 3.08. The Labute approximate surface area is 158 Å². The molecule has 6 nitrogen and oxygen atoms in total.